The molecule has 2 unspecified atom stereocenters. The molecule has 0 spiro atoms. The van der Waals surface area contributed by atoms with Crippen LogP contribution in [0.1, 0.15) is 78.1 Å². The SMILES string of the molecule is CCCCCCCCC1CCC1C#N.CCOCCC(=O)O.[NaH]. The van der Waals surface area contributed by atoms with Crippen LogP contribution in [0.4, 0.5) is 0 Å². The summed E-state index contributed by atoms with van der Waals surface area (Å²) in [4.78, 5) is 9.79. The Morgan fingerprint density at radius 2 is 1.83 bits per heavy atom. The molecule has 1 aliphatic carbocycles. The van der Waals surface area contributed by atoms with Crippen molar-refractivity contribution in [2.24, 2.45) is 11.8 Å². The second kappa shape index (κ2) is 18.3. The average Bonchev–Trinajstić information content (AvgIpc) is 2.46. The molecular formula is C18H34NNaO3. The molecular weight excluding hydrogens is 301 g/mol. The van der Waals surface area contributed by atoms with E-state index in [9.17, 15) is 4.79 Å². The monoisotopic (exact) mass is 335 g/mol. The first-order valence-corrected chi connectivity index (χ1v) is 8.84. The summed E-state index contributed by atoms with van der Waals surface area (Å²) in [5.41, 5.74) is 0. The fourth-order valence-corrected chi connectivity index (χ4v) is 2.58. The molecule has 4 nitrogen and oxygen atoms in total. The van der Waals surface area contributed by atoms with Crippen molar-refractivity contribution in [3.05, 3.63) is 0 Å². The van der Waals surface area contributed by atoms with Crippen LogP contribution in [0.2, 0.25) is 0 Å². The van der Waals surface area contributed by atoms with Gasteiger partial charge in [0.2, 0.25) is 0 Å². The van der Waals surface area contributed by atoms with E-state index >= 15 is 0 Å². The van der Waals surface area contributed by atoms with E-state index < -0.39 is 5.97 Å². The van der Waals surface area contributed by atoms with Crippen LogP contribution in [0.3, 0.4) is 0 Å². The summed E-state index contributed by atoms with van der Waals surface area (Å²) in [5, 5.41) is 16.8. The van der Waals surface area contributed by atoms with Crippen molar-refractivity contribution in [1.29, 1.82) is 5.26 Å². The van der Waals surface area contributed by atoms with Gasteiger partial charge in [0.05, 0.1) is 19.1 Å². The predicted octanol–water partition coefficient (Wildman–Crippen LogP) is 4.14. The summed E-state index contributed by atoms with van der Waals surface area (Å²) in [5.74, 6) is 0.357. The fourth-order valence-electron chi connectivity index (χ4n) is 2.58. The molecule has 0 saturated heterocycles. The van der Waals surface area contributed by atoms with E-state index in [0.717, 1.165) is 12.3 Å². The third-order valence-electron chi connectivity index (χ3n) is 4.18. The Balaban J connectivity index is 0. The second-order valence-corrected chi connectivity index (χ2v) is 5.97. The number of hydrogen-bond donors (Lipinski definition) is 1. The van der Waals surface area contributed by atoms with Gasteiger partial charge in [-0.25, -0.2) is 0 Å². The van der Waals surface area contributed by atoms with Gasteiger partial charge in [-0.05, 0) is 32.1 Å². The Hall–Kier alpha value is -0.0800. The van der Waals surface area contributed by atoms with Crippen LogP contribution in [0, 0.1) is 23.2 Å². The van der Waals surface area contributed by atoms with Crippen molar-refractivity contribution >= 4 is 35.5 Å². The molecule has 0 aromatic rings. The van der Waals surface area contributed by atoms with Crippen LogP contribution in [0.5, 0.6) is 0 Å². The number of hydrogen-bond acceptors (Lipinski definition) is 3. The van der Waals surface area contributed by atoms with Gasteiger partial charge in [-0.1, -0.05) is 45.4 Å². The zero-order valence-electron chi connectivity index (χ0n) is 14.4. The molecule has 1 saturated carbocycles. The molecule has 23 heavy (non-hydrogen) atoms. The number of ether oxygens (including phenoxy) is 1. The van der Waals surface area contributed by atoms with Gasteiger partial charge in [0.25, 0.3) is 0 Å². The Kier molecular flexibility index (Phi) is 20.0. The van der Waals surface area contributed by atoms with Crippen molar-refractivity contribution in [2.75, 3.05) is 13.2 Å². The molecule has 0 bridgehead atoms. The van der Waals surface area contributed by atoms with Crippen LogP contribution in [0.25, 0.3) is 0 Å². The third kappa shape index (κ3) is 15.2. The van der Waals surface area contributed by atoms with Gasteiger partial charge in [0.1, 0.15) is 0 Å². The van der Waals surface area contributed by atoms with Gasteiger partial charge in [-0.2, -0.15) is 5.26 Å². The maximum atomic E-state index is 9.79. The van der Waals surface area contributed by atoms with Crippen molar-refractivity contribution in [2.45, 2.75) is 78.1 Å². The molecule has 0 aromatic carbocycles. The van der Waals surface area contributed by atoms with Crippen molar-refractivity contribution in [3.8, 4) is 6.07 Å². The van der Waals surface area contributed by atoms with E-state index in [0.29, 0.717) is 19.1 Å². The Bertz CT molecular complexity index is 318. The van der Waals surface area contributed by atoms with E-state index in [1.165, 1.54) is 51.4 Å². The van der Waals surface area contributed by atoms with Gasteiger partial charge < -0.3 is 9.84 Å². The first-order chi connectivity index (χ1) is 10.7. The molecule has 0 heterocycles. The van der Waals surface area contributed by atoms with E-state index in [2.05, 4.69) is 13.0 Å². The Morgan fingerprint density at radius 3 is 2.30 bits per heavy atom. The minimum atomic E-state index is -0.807. The summed E-state index contributed by atoms with van der Waals surface area (Å²) in [6.45, 7) is 5.01. The topological polar surface area (TPSA) is 70.3 Å². The van der Waals surface area contributed by atoms with Gasteiger partial charge in [-0.3, -0.25) is 4.79 Å². The number of nitriles is 1. The molecule has 1 N–H and O–H groups in total. The molecule has 130 valence electrons. The average molecular weight is 335 g/mol. The minimum absolute atomic E-state index is 0. The summed E-state index contributed by atoms with van der Waals surface area (Å²) in [6, 6.07) is 2.41. The van der Waals surface area contributed by atoms with Crippen LogP contribution < -0.4 is 0 Å². The molecule has 0 amide bonds. The van der Waals surface area contributed by atoms with Gasteiger partial charge in [0.15, 0.2) is 0 Å². The van der Waals surface area contributed by atoms with Gasteiger partial charge >= 0.3 is 35.5 Å². The summed E-state index contributed by atoms with van der Waals surface area (Å²) < 4.78 is 4.76. The summed E-state index contributed by atoms with van der Waals surface area (Å²) >= 11 is 0. The number of rotatable bonds is 11. The van der Waals surface area contributed by atoms with E-state index in [1.54, 1.807) is 0 Å². The summed E-state index contributed by atoms with van der Waals surface area (Å²) in [7, 11) is 0. The third-order valence-corrected chi connectivity index (χ3v) is 4.18. The zero-order chi connectivity index (χ0) is 16.6. The normalized spacial score (nSPS) is 18.7. The fraction of sp³-hybridized carbons (Fsp3) is 0.889. The Labute approximate surface area is 164 Å². The molecule has 1 fully saturated rings. The molecule has 2 atom stereocenters. The first kappa shape index (κ1) is 25.2. The number of nitrogens with zero attached hydrogens (tertiary/aromatic N) is 1. The number of carboxylic acid groups (broad SMARTS) is 1. The van der Waals surface area contributed by atoms with Crippen LogP contribution >= 0.6 is 0 Å². The molecule has 1 aliphatic rings. The second-order valence-electron chi connectivity index (χ2n) is 5.97. The van der Waals surface area contributed by atoms with Gasteiger partial charge in [-0.15, -0.1) is 0 Å². The van der Waals surface area contributed by atoms with E-state index in [1.807, 2.05) is 6.92 Å². The molecule has 1 rings (SSSR count). The molecule has 5 heteroatoms. The van der Waals surface area contributed by atoms with Crippen molar-refractivity contribution < 1.29 is 14.6 Å². The van der Waals surface area contributed by atoms with Crippen molar-refractivity contribution in [1.82, 2.24) is 0 Å². The number of unbranched alkanes of at least 4 members (excludes halogenated alkanes) is 5. The standard InChI is InChI=1S/C13H23N.C5H10O3.Na.H/c1-2-3-4-5-6-7-8-12-9-10-13(12)11-14;1-2-8-4-3-5(6)7;;/h12-13H,2-10H2,1H3;2-4H2,1H3,(H,6,7);;. The number of carbonyl (C=O) groups is 1. The van der Waals surface area contributed by atoms with Gasteiger partial charge in [0, 0.05) is 12.5 Å². The van der Waals surface area contributed by atoms with Crippen LogP contribution in [0.15, 0.2) is 0 Å². The van der Waals surface area contributed by atoms with E-state index in [4.69, 9.17) is 15.1 Å². The maximum absolute atomic E-state index is 9.79. The quantitative estimate of drug-likeness (QED) is 0.455. The van der Waals surface area contributed by atoms with Crippen LogP contribution in [-0.4, -0.2) is 53.8 Å². The Morgan fingerprint density at radius 1 is 1.17 bits per heavy atom. The van der Waals surface area contributed by atoms with E-state index in [-0.39, 0.29) is 36.0 Å². The number of carboxylic acids is 1. The number of aliphatic carboxylic acids is 1. The first-order valence-electron chi connectivity index (χ1n) is 8.84. The molecule has 0 aliphatic heterocycles. The van der Waals surface area contributed by atoms with Crippen LogP contribution in [-0.2, 0) is 9.53 Å². The van der Waals surface area contributed by atoms with Crippen molar-refractivity contribution in [3.63, 3.8) is 0 Å². The molecule has 0 radical (unpaired) electrons. The molecule has 0 aromatic heterocycles. The summed E-state index contributed by atoms with van der Waals surface area (Å²) in [6.07, 6.45) is 12.2. The predicted molar refractivity (Wildman–Crippen MR) is 95.7 cm³/mol. The zero-order valence-corrected chi connectivity index (χ0v) is 14.4.